The molecule has 0 aromatic rings. The van der Waals surface area contributed by atoms with E-state index in [0.29, 0.717) is 6.61 Å². The first-order valence-electron chi connectivity index (χ1n) is 2.30. The molecule has 0 radical (unpaired) electrons. The van der Waals surface area contributed by atoms with Crippen molar-refractivity contribution in [1.29, 1.82) is 0 Å². The van der Waals surface area contributed by atoms with Gasteiger partial charge in [0, 0.05) is 5.33 Å². The highest BCUT2D eigenvalue weighted by Gasteiger charge is 1.92. The molecule has 0 bridgehead atoms. The number of rotatable bonds is 4. The third-order valence-corrected chi connectivity index (χ3v) is 1.09. The van der Waals surface area contributed by atoms with E-state index in [-0.39, 0.29) is 4.95 Å². The molecule has 0 fully saturated rings. The van der Waals surface area contributed by atoms with Gasteiger partial charge in [0.2, 0.25) is 0 Å². The summed E-state index contributed by atoms with van der Waals surface area (Å²) in [4.78, 5) is -0.0263. The van der Waals surface area contributed by atoms with Crippen molar-refractivity contribution in [2.45, 2.75) is 4.95 Å². The van der Waals surface area contributed by atoms with Crippen LogP contribution in [0, 0.1) is 0 Å². The summed E-state index contributed by atoms with van der Waals surface area (Å²) in [6.07, 6.45) is 0. The maximum atomic E-state index is 5.31. The highest BCUT2D eigenvalue weighted by molar-refractivity contribution is 9.09. The molecule has 0 saturated heterocycles. The topological polar surface area (TPSA) is 35.2 Å². The molecule has 0 rings (SSSR count). The molecular weight excluding hydrogens is 238 g/mol. The monoisotopic (exact) mass is 245 g/mol. The predicted octanol–water partition coefficient (Wildman–Crippen LogP) is 1.08. The highest BCUT2D eigenvalue weighted by Crippen LogP contribution is 1.90. The summed E-state index contributed by atoms with van der Waals surface area (Å²) in [5.74, 6) is 0. The SMILES string of the molecule is NC(Br)COCCBr. The molecule has 8 heavy (non-hydrogen) atoms. The maximum absolute atomic E-state index is 5.31. The average Bonchev–Trinajstić information content (AvgIpc) is 1.66. The summed E-state index contributed by atoms with van der Waals surface area (Å²) < 4.78 is 5.03. The molecule has 0 aliphatic carbocycles. The fraction of sp³-hybridized carbons (Fsp3) is 1.00. The molecule has 1 atom stereocenters. The summed E-state index contributed by atoms with van der Waals surface area (Å²) in [6.45, 7) is 1.30. The van der Waals surface area contributed by atoms with Gasteiger partial charge in [-0.05, 0) is 0 Å². The first kappa shape index (κ1) is 8.88. The molecular formula is C4H9Br2NO. The van der Waals surface area contributed by atoms with Crippen LogP contribution >= 0.6 is 31.9 Å². The van der Waals surface area contributed by atoms with Crippen molar-refractivity contribution in [3.63, 3.8) is 0 Å². The number of nitrogens with two attached hydrogens (primary N) is 1. The van der Waals surface area contributed by atoms with E-state index < -0.39 is 0 Å². The van der Waals surface area contributed by atoms with E-state index in [1.54, 1.807) is 0 Å². The quantitative estimate of drug-likeness (QED) is 0.458. The van der Waals surface area contributed by atoms with Crippen LogP contribution in [0.15, 0.2) is 0 Å². The van der Waals surface area contributed by atoms with Crippen molar-refractivity contribution in [2.24, 2.45) is 5.73 Å². The Hall–Kier alpha value is 0.880. The van der Waals surface area contributed by atoms with E-state index in [2.05, 4.69) is 31.9 Å². The zero-order valence-electron chi connectivity index (χ0n) is 4.44. The molecule has 0 aliphatic heterocycles. The zero-order chi connectivity index (χ0) is 6.41. The summed E-state index contributed by atoms with van der Waals surface area (Å²) in [5, 5.41) is 0.868. The van der Waals surface area contributed by atoms with Gasteiger partial charge in [0.25, 0.3) is 0 Å². The van der Waals surface area contributed by atoms with Gasteiger partial charge in [-0.25, -0.2) is 0 Å². The van der Waals surface area contributed by atoms with Gasteiger partial charge < -0.3 is 10.5 Å². The second kappa shape index (κ2) is 6.01. The molecule has 1 unspecified atom stereocenters. The molecule has 0 aromatic heterocycles. The summed E-state index contributed by atoms with van der Waals surface area (Å²) in [6, 6.07) is 0. The smallest absolute Gasteiger partial charge is 0.0842 e. The molecule has 2 nitrogen and oxygen atoms in total. The van der Waals surface area contributed by atoms with Crippen molar-refractivity contribution in [1.82, 2.24) is 0 Å². The van der Waals surface area contributed by atoms with Crippen LogP contribution in [0.2, 0.25) is 0 Å². The average molecular weight is 247 g/mol. The summed E-state index contributed by atoms with van der Waals surface area (Å²) in [7, 11) is 0. The fourth-order valence-corrected chi connectivity index (χ4v) is 0.666. The van der Waals surface area contributed by atoms with Crippen molar-refractivity contribution >= 4 is 31.9 Å². The van der Waals surface area contributed by atoms with Crippen LogP contribution in [0.1, 0.15) is 0 Å². The fourth-order valence-electron chi connectivity index (χ4n) is 0.250. The predicted molar refractivity (Wildman–Crippen MR) is 41.5 cm³/mol. The van der Waals surface area contributed by atoms with Crippen LogP contribution in [-0.2, 0) is 4.74 Å². The van der Waals surface area contributed by atoms with Crippen molar-refractivity contribution < 1.29 is 4.74 Å². The van der Waals surface area contributed by atoms with E-state index in [9.17, 15) is 0 Å². The minimum atomic E-state index is -0.0263. The Labute approximate surface area is 66.0 Å². The zero-order valence-corrected chi connectivity index (χ0v) is 7.61. The van der Waals surface area contributed by atoms with Crippen LogP contribution in [0.5, 0.6) is 0 Å². The van der Waals surface area contributed by atoms with E-state index in [1.165, 1.54) is 0 Å². The molecule has 0 spiro atoms. The van der Waals surface area contributed by atoms with E-state index in [4.69, 9.17) is 10.5 Å². The number of alkyl halides is 2. The van der Waals surface area contributed by atoms with Crippen LogP contribution in [0.25, 0.3) is 0 Å². The van der Waals surface area contributed by atoms with Gasteiger partial charge in [-0.2, -0.15) is 0 Å². The first-order chi connectivity index (χ1) is 3.77. The molecule has 2 N–H and O–H groups in total. The Morgan fingerprint density at radius 3 is 2.62 bits per heavy atom. The second-order valence-corrected chi connectivity index (χ2v) is 3.25. The Kier molecular flexibility index (Phi) is 6.67. The number of halogens is 2. The lowest BCUT2D eigenvalue weighted by atomic mass is 10.7. The van der Waals surface area contributed by atoms with Crippen LogP contribution in [-0.4, -0.2) is 23.5 Å². The number of hydrogen-bond donors (Lipinski definition) is 1. The minimum Gasteiger partial charge on any atom is -0.378 e. The molecule has 0 aromatic carbocycles. The Morgan fingerprint density at radius 2 is 2.25 bits per heavy atom. The van der Waals surface area contributed by atoms with Crippen molar-refractivity contribution in [2.75, 3.05) is 18.5 Å². The van der Waals surface area contributed by atoms with Gasteiger partial charge in [-0.15, -0.1) is 0 Å². The van der Waals surface area contributed by atoms with Crippen molar-refractivity contribution in [3.8, 4) is 0 Å². The van der Waals surface area contributed by atoms with Gasteiger partial charge in [0.05, 0.1) is 18.2 Å². The molecule has 0 aliphatic rings. The van der Waals surface area contributed by atoms with Crippen LogP contribution < -0.4 is 5.73 Å². The summed E-state index contributed by atoms with van der Waals surface area (Å²) in [5.41, 5.74) is 5.31. The van der Waals surface area contributed by atoms with Gasteiger partial charge in [0.15, 0.2) is 0 Å². The summed E-state index contributed by atoms with van der Waals surface area (Å²) >= 11 is 6.36. The lowest BCUT2D eigenvalue weighted by Gasteiger charge is -2.01. The van der Waals surface area contributed by atoms with E-state index in [0.717, 1.165) is 11.9 Å². The number of hydrogen-bond acceptors (Lipinski definition) is 2. The maximum Gasteiger partial charge on any atom is 0.0842 e. The normalized spacial score (nSPS) is 13.9. The molecule has 0 amide bonds. The van der Waals surface area contributed by atoms with Crippen LogP contribution in [0.3, 0.4) is 0 Å². The van der Waals surface area contributed by atoms with Gasteiger partial charge in [-0.3, -0.25) is 0 Å². The van der Waals surface area contributed by atoms with E-state index in [1.807, 2.05) is 0 Å². The lowest BCUT2D eigenvalue weighted by Crippen LogP contribution is -2.18. The number of ether oxygens (including phenoxy) is 1. The molecule has 0 heterocycles. The van der Waals surface area contributed by atoms with Crippen molar-refractivity contribution in [3.05, 3.63) is 0 Å². The van der Waals surface area contributed by atoms with E-state index >= 15 is 0 Å². The second-order valence-electron chi connectivity index (χ2n) is 1.28. The molecule has 4 heteroatoms. The van der Waals surface area contributed by atoms with Gasteiger partial charge in [-0.1, -0.05) is 31.9 Å². The lowest BCUT2D eigenvalue weighted by molar-refractivity contribution is 0.154. The molecule has 50 valence electrons. The van der Waals surface area contributed by atoms with Gasteiger partial charge in [0.1, 0.15) is 0 Å². The van der Waals surface area contributed by atoms with Gasteiger partial charge >= 0.3 is 0 Å². The van der Waals surface area contributed by atoms with Crippen LogP contribution in [0.4, 0.5) is 0 Å². The minimum absolute atomic E-state index is 0.0263. The Bertz CT molecular complexity index is 51.3. The third-order valence-electron chi connectivity index (χ3n) is 0.499. The largest absolute Gasteiger partial charge is 0.378 e. The third kappa shape index (κ3) is 6.88. The standard InChI is InChI=1S/C4H9Br2NO/c5-1-2-8-3-4(6)7/h4H,1-3,7H2. The highest BCUT2D eigenvalue weighted by atomic mass is 79.9. The molecule has 0 saturated carbocycles. The Balaban J connectivity index is 2.72. The Morgan fingerprint density at radius 1 is 1.62 bits per heavy atom. The first-order valence-corrected chi connectivity index (χ1v) is 4.34.